The lowest BCUT2D eigenvalue weighted by Gasteiger charge is -2.29. The lowest BCUT2D eigenvalue weighted by atomic mass is 10.3. The van der Waals surface area contributed by atoms with Crippen molar-refractivity contribution in [2.24, 2.45) is 0 Å². The molecule has 0 N–H and O–H groups in total. The van der Waals surface area contributed by atoms with Crippen molar-refractivity contribution < 1.29 is 93.2 Å². The van der Waals surface area contributed by atoms with E-state index in [0.29, 0.717) is 0 Å². The molecule has 0 aliphatic carbocycles. The van der Waals surface area contributed by atoms with Crippen molar-refractivity contribution in [1.82, 2.24) is 0 Å². The van der Waals surface area contributed by atoms with E-state index in [-0.39, 0.29) is 0 Å². The lowest BCUT2D eigenvalue weighted by Crippen LogP contribution is -2.54. The first kappa shape index (κ1) is 28.6. The monoisotopic (exact) mass is 510 g/mol. The molecule has 0 aromatic rings. The fourth-order valence-corrected chi connectivity index (χ4v) is 0.971. The molecule has 0 saturated carbocycles. The van der Waals surface area contributed by atoms with Gasteiger partial charge in [-0.2, -0.15) is 79.0 Å². The van der Waals surface area contributed by atoms with Gasteiger partial charge in [-0.1, -0.05) is 0 Å². The highest BCUT2D eigenvalue weighted by Gasteiger charge is 2.77. The summed E-state index contributed by atoms with van der Waals surface area (Å²) in [6.45, 7) is 0. The van der Waals surface area contributed by atoms with Crippen LogP contribution in [-0.4, -0.2) is 36.4 Å². The predicted molar refractivity (Wildman–Crippen MR) is 53.6 cm³/mol. The summed E-state index contributed by atoms with van der Waals surface area (Å²) in [4.78, 5) is 0. The Labute approximate surface area is 155 Å². The highest BCUT2D eigenvalue weighted by atomic mass is 19.4. The van der Waals surface area contributed by atoms with Crippen LogP contribution < -0.4 is 0 Å². The molecule has 0 aromatic heterocycles. The zero-order valence-corrected chi connectivity index (χ0v) is 13.0. The summed E-state index contributed by atoms with van der Waals surface area (Å²) in [5.41, 5.74) is 0. The minimum Gasteiger partial charge on any atom is -0.391 e. The maximum absolute atomic E-state index is 12.8. The van der Waals surface area contributed by atoms with Crippen LogP contribution in [0.25, 0.3) is 0 Å². The molecule has 184 valence electrons. The van der Waals surface area contributed by atoms with Gasteiger partial charge in [0.15, 0.2) is 0 Å². The van der Waals surface area contributed by atoms with Crippen LogP contribution in [0.2, 0.25) is 0 Å². The predicted octanol–water partition coefficient (Wildman–Crippen LogP) is 6.75. The van der Waals surface area contributed by atoms with Gasteiger partial charge in [0.2, 0.25) is 0 Å². The molecule has 0 heterocycles. The van der Waals surface area contributed by atoms with Crippen LogP contribution in [-0.2, 0) is 14.2 Å². The molecule has 21 heteroatoms. The van der Waals surface area contributed by atoms with Crippen molar-refractivity contribution in [2.75, 3.05) is 0 Å². The second-order valence-corrected chi connectivity index (χ2v) is 4.58. The molecule has 0 radical (unpaired) electrons. The molecule has 0 aliphatic heterocycles. The van der Waals surface area contributed by atoms with Crippen LogP contribution in [0.5, 0.6) is 0 Å². The first-order chi connectivity index (χ1) is 13.3. The third-order valence-electron chi connectivity index (χ3n) is 2.38. The molecular weight excluding hydrogens is 510 g/mol. The summed E-state index contributed by atoms with van der Waals surface area (Å²) in [5.74, 6) is -22.5. The molecule has 31 heavy (non-hydrogen) atoms. The molecule has 0 aromatic carbocycles. The maximum atomic E-state index is 12.8. The summed E-state index contributed by atoms with van der Waals surface area (Å²) < 4.78 is 228. The van der Waals surface area contributed by atoms with Crippen molar-refractivity contribution in [2.45, 2.75) is 36.4 Å². The summed E-state index contributed by atoms with van der Waals surface area (Å²) >= 11 is 0. The van der Waals surface area contributed by atoms with E-state index in [1.807, 2.05) is 9.47 Å². The van der Waals surface area contributed by atoms with Gasteiger partial charge in [-0.15, -0.1) is 0 Å². The smallest absolute Gasteiger partial charge is 0.391 e. The number of hydrogen-bond donors (Lipinski definition) is 0. The van der Waals surface area contributed by atoms with Crippen molar-refractivity contribution in [3.05, 3.63) is 24.1 Å². The Morgan fingerprint density at radius 2 is 0.645 bits per heavy atom. The molecule has 0 spiro atoms. The highest BCUT2D eigenvalue weighted by Crippen LogP contribution is 2.50. The van der Waals surface area contributed by atoms with E-state index >= 15 is 0 Å². The van der Waals surface area contributed by atoms with Gasteiger partial charge in [0.25, 0.3) is 0 Å². The van der Waals surface area contributed by atoms with Gasteiger partial charge in [-0.25, -0.2) is 0 Å². The molecule has 0 atom stereocenters. The Balaban J connectivity index is 6.06. The number of halogens is 18. The van der Waals surface area contributed by atoms with E-state index in [1.165, 1.54) is 0 Å². The van der Waals surface area contributed by atoms with E-state index < -0.39 is 60.5 Å². The quantitative estimate of drug-likeness (QED) is 0.267. The van der Waals surface area contributed by atoms with Gasteiger partial charge in [0.1, 0.15) is 0 Å². The largest absolute Gasteiger partial charge is 0.476 e. The fraction of sp³-hybridized carbons (Fsp3) is 0.600. The van der Waals surface area contributed by atoms with Gasteiger partial charge in [0, 0.05) is 0 Å². The average molecular weight is 510 g/mol. The van der Waals surface area contributed by atoms with Crippen molar-refractivity contribution >= 4 is 0 Å². The third kappa shape index (κ3) is 5.86. The molecule has 0 amide bonds. The Bertz CT molecular complexity index is 645. The first-order valence-electron chi connectivity index (χ1n) is 6.13. The second kappa shape index (κ2) is 8.28. The number of hydrogen-bond acceptors (Lipinski definition) is 3. The van der Waals surface area contributed by atoms with Gasteiger partial charge < -0.3 is 14.2 Å². The second-order valence-electron chi connectivity index (χ2n) is 4.58. The highest BCUT2D eigenvalue weighted by molar-refractivity contribution is 4.98. The Morgan fingerprint density at radius 3 is 0.806 bits per heavy atom. The van der Waals surface area contributed by atoms with Crippen molar-refractivity contribution in [3.63, 3.8) is 0 Å². The topological polar surface area (TPSA) is 27.7 Å². The molecule has 0 aliphatic rings. The van der Waals surface area contributed by atoms with Gasteiger partial charge >= 0.3 is 60.5 Å². The Morgan fingerprint density at radius 1 is 0.419 bits per heavy atom. The normalized spacial score (nSPS) is 14.1. The Hall–Kier alpha value is -2.38. The van der Waals surface area contributed by atoms with Crippen molar-refractivity contribution in [3.8, 4) is 0 Å². The van der Waals surface area contributed by atoms with E-state index in [1.54, 1.807) is 0 Å². The summed E-state index contributed by atoms with van der Waals surface area (Å²) in [6, 6.07) is 0. The minimum atomic E-state index is -7.38. The van der Waals surface area contributed by atoms with Crippen LogP contribution >= 0.6 is 0 Å². The van der Waals surface area contributed by atoms with Gasteiger partial charge in [0.05, 0.1) is 0 Å². The molecule has 0 fully saturated rings. The van der Waals surface area contributed by atoms with Crippen LogP contribution in [0.3, 0.4) is 0 Å². The number of alkyl halides is 14. The van der Waals surface area contributed by atoms with E-state index in [4.69, 9.17) is 0 Å². The molecular formula is C10F18O3. The van der Waals surface area contributed by atoms with Crippen LogP contribution in [0.1, 0.15) is 0 Å². The molecule has 0 saturated heterocycles. The lowest BCUT2D eigenvalue weighted by molar-refractivity contribution is -0.430. The molecule has 3 nitrogen and oxygen atoms in total. The summed E-state index contributed by atoms with van der Waals surface area (Å²) in [5, 5.41) is 0. The molecule has 0 unspecified atom stereocenters. The van der Waals surface area contributed by atoms with Crippen molar-refractivity contribution in [1.29, 1.82) is 0 Å². The molecule has 0 bridgehead atoms. The number of rotatable bonds is 8. The van der Waals surface area contributed by atoms with E-state index in [0.717, 1.165) is 0 Å². The van der Waals surface area contributed by atoms with Crippen LogP contribution in [0.4, 0.5) is 79.0 Å². The Kier molecular flexibility index (Phi) is 7.64. The van der Waals surface area contributed by atoms with Gasteiger partial charge in [-0.05, 0) is 0 Å². The first-order valence-corrected chi connectivity index (χ1v) is 6.13. The fourth-order valence-electron chi connectivity index (χ4n) is 0.971. The third-order valence-corrected chi connectivity index (χ3v) is 2.38. The summed E-state index contributed by atoms with van der Waals surface area (Å²) in [7, 11) is 0. The van der Waals surface area contributed by atoms with Crippen LogP contribution in [0.15, 0.2) is 24.1 Å². The number of ether oxygens (including phenoxy) is 3. The van der Waals surface area contributed by atoms with Crippen LogP contribution in [0, 0.1) is 0 Å². The zero-order valence-electron chi connectivity index (χ0n) is 13.0. The minimum absolute atomic E-state index is 2.04. The van der Waals surface area contributed by atoms with E-state index in [2.05, 4.69) is 4.74 Å². The van der Waals surface area contributed by atoms with Gasteiger partial charge in [-0.3, -0.25) is 0 Å². The standard InChI is InChI=1S/C10F18O3/c11-1(12)3(30-9(25,26)5(15,16)7(19,20)21)29-4(2(13)14)31-10(27,28)6(17,18)8(22,23)24. The molecule has 0 rings (SSSR count). The maximum Gasteiger partial charge on any atom is 0.476 e. The SMILES string of the molecule is FC(F)=C(OC(OC(F)(F)C(F)(F)C(F)(F)F)=C(F)F)OC(F)(F)C(F)(F)C(F)(F)F. The average Bonchev–Trinajstić information content (AvgIpc) is 2.50. The summed E-state index contributed by atoms with van der Waals surface area (Å²) in [6.07, 6.45) is -37.2. The zero-order chi connectivity index (χ0) is 25.4. The van der Waals surface area contributed by atoms with E-state index in [9.17, 15) is 79.0 Å².